The van der Waals surface area contributed by atoms with E-state index in [0.29, 0.717) is 10.3 Å². The molecule has 0 unspecified atom stereocenters. The van der Waals surface area contributed by atoms with E-state index in [0.717, 1.165) is 6.07 Å². The quantitative estimate of drug-likeness (QED) is 0.736. The minimum Gasteiger partial charge on any atom is -0.343 e. The predicted molar refractivity (Wildman–Crippen MR) is 75.6 cm³/mol. The average Bonchev–Trinajstić information content (AvgIpc) is 2.84. The van der Waals surface area contributed by atoms with E-state index in [4.69, 9.17) is 0 Å². The summed E-state index contributed by atoms with van der Waals surface area (Å²) in [4.78, 5) is 18.5. The third-order valence-corrected chi connectivity index (χ3v) is 3.42. The molecule has 0 atom stereocenters. The summed E-state index contributed by atoms with van der Waals surface area (Å²) < 4.78 is 53.9. The first kappa shape index (κ1) is 15.3. The van der Waals surface area contributed by atoms with Crippen molar-refractivity contribution in [1.82, 2.24) is 14.5 Å². The summed E-state index contributed by atoms with van der Waals surface area (Å²) in [6.45, 7) is 1.06. The van der Waals surface area contributed by atoms with Gasteiger partial charge in [-0.3, -0.25) is 9.36 Å². The van der Waals surface area contributed by atoms with Crippen LogP contribution in [0, 0.1) is 12.7 Å². The number of H-pyrrole nitrogens is 1. The van der Waals surface area contributed by atoms with Crippen molar-refractivity contribution in [2.75, 3.05) is 0 Å². The Morgan fingerprint density at radius 2 is 1.96 bits per heavy atom. The van der Waals surface area contributed by atoms with Crippen molar-refractivity contribution in [2.45, 2.75) is 19.6 Å². The molecule has 23 heavy (non-hydrogen) atoms. The van der Waals surface area contributed by atoms with Crippen molar-refractivity contribution < 1.29 is 17.6 Å². The number of aromatic amines is 1. The molecule has 2 heterocycles. The Hall–Kier alpha value is -2.64. The maximum atomic E-state index is 13.7. The fourth-order valence-electron chi connectivity index (χ4n) is 2.39. The molecule has 0 fully saturated rings. The van der Waals surface area contributed by atoms with Crippen molar-refractivity contribution in [2.24, 2.45) is 0 Å². The number of hydrogen-bond donors (Lipinski definition) is 1. The maximum absolute atomic E-state index is 13.7. The number of fused-ring (bicyclic) bond motifs is 1. The summed E-state index contributed by atoms with van der Waals surface area (Å²) in [5.74, 6) is -2.04. The standard InChI is InChI=1S/C15H11F4N3O/c1-8-6-10-12(20-8)21-14(15(17,18)19)22(13(10)23)7-9-4-2-3-5-11(9)16/h2-6,20H,7H2,1H3. The molecule has 3 rings (SSSR count). The number of alkyl halides is 3. The number of aryl methyl sites for hydroxylation is 1. The molecule has 0 amide bonds. The Morgan fingerprint density at radius 3 is 2.61 bits per heavy atom. The molecule has 0 saturated heterocycles. The van der Waals surface area contributed by atoms with E-state index in [1.165, 1.54) is 24.3 Å². The third-order valence-electron chi connectivity index (χ3n) is 3.42. The molecule has 4 nitrogen and oxygen atoms in total. The molecule has 3 aromatic rings. The Kier molecular flexibility index (Phi) is 3.46. The fourth-order valence-corrected chi connectivity index (χ4v) is 2.39. The van der Waals surface area contributed by atoms with E-state index in [2.05, 4.69) is 9.97 Å². The van der Waals surface area contributed by atoms with Gasteiger partial charge in [-0.15, -0.1) is 0 Å². The number of halogens is 4. The van der Waals surface area contributed by atoms with E-state index in [1.54, 1.807) is 6.92 Å². The molecular formula is C15H11F4N3O. The highest BCUT2D eigenvalue weighted by atomic mass is 19.4. The van der Waals surface area contributed by atoms with Crippen molar-refractivity contribution in [3.8, 4) is 0 Å². The molecule has 0 bridgehead atoms. The summed E-state index contributed by atoms with van der Waals surface area (Å²) in [7, 11) is 0. The molecule has 0 aliphatic heterocycles. The van der Waals surface area contributed by atoms with Crippen molar-refractivity contribution in [3.63, 3.8) is 0 Å². The van der Waals surface area contributed by atoms with Gasteiger partial charge in [0.25, 0.3) is 5.56 Å². The molecule has 0 radical (unpaired) electrons. The first-order valence-corrected chi connectivity index (χ1v) is 6.68. The highest BCUT2D eigenvalue weighted by molar-refractivity contribution is 5.75. The monoisotopic (exact) mass is 325 g/mol. The van der Waals surface area contributed by atoms with E-state index in [9.17, 15) is 22.4 Å². The van der Waals surface area contributed by atoms with E-state index >= 15 is 0 Å². The predicted octanol–water partition coefficient (Wildman–Crippen LogP) is 3.24. The van der Waals surface area contributed by atoms with E-state index in [1.807, 2.05) is 0 Å². The smallest absolute Gasteiger partial charge is 0.343 e. The van der Waals surface area contributed by atoms with Gasteiger partial charge >= 0.3 is 6.18 Å². The van der Waals surface area contributed by atoms with Crippen LogP contribution in [0.1, 0.15) is 17.1 Å². The van der Waals surface area contributed by atoms with Crippen LogP contribution in [0.2, 0.25) is 0 Å². The Balaban J connectivity index is 2.27. The largest absolute Gasteiger partial charge is 0.449 e. The summed E-state index contributed by atoms with van der Waals surface area (Å²) in [5, 5.41) is 0.0341. The minimum atomic E-state index is -4.84. The van der Waals surface area contributed by atoms with Gasteiger partial charge in [0, 0.05) is 11.3 Å². The molecule has 0 aliphatic rings. The Morgan fingerprint density at radius 1 is 1.26 bits per heavy atom. The second-order valence-electron chi connectivity index (χ2n) is 5.13. The van der Waals surface area contributed by atoms with Gasteiger partial charge in [0.15, 0.2) is 0 Å². The minimum absolute atomic E-state index is 0.0199. The van der Waals surface area contributed by atoms with E-state index in [-0.39, 0.29) is 16.6 Å². The Labute approximate surface area is 127 Å². The number of aromatic nitrogens is 3. The maximum Gasteiger partial charge on any atom is 0.449 e. The molecule has 1 aromatic carbocycles. The van der Waals surface area contributed by atoms with Gasteiger partial charge in [-0.1, -0.05) is 18.2 Å². The SMILES string of the molecule is Cc1cc2c(=O)n(Cc3ccccc3F)c(C(F)(F)F)nc2[nH]1. The number of benzene rings is 1. The lowest BCUT2D eigenvalue weighted by atomic mass is 10.2. The number of rotatable bonds is 2. The topological polar surface area (TPSA) is 50.7 Å². The van der Waals surface area contributed by atoms with E-state index < -0.39 is 29.9 Å². The van der Waals surface area contributed by atoms with Crippen LogP contribution in [0.5, 0.6) is 0 Å². The number of nitrogens with one attached hydrogen (secondary N) is 1. The van der Waals surface area contributed by atoms with Gasteiger partial charge in [-0.05, 0) is 19.1 Å². The lowest BCUT2D eigenvalue weighted by Gasteiger charge is -2.14. The second kappa shape index (κ2) is 5.22. The first-order chi connectivity index (χ1) is 10.8. The van der Waals surface area contributed by atoms with Gasteiger partial charge in [0.2, 0.25) is 5.82 Å². The van der Waals surface area contributed by atoms with Gasteiger partial charge in [-0.25, -0.2) is 9.37 Å². The van der Waals surface area contributed by atoms with Crippen LogP contribution in [0.25, 0.3) is 11.0 Å². The van der Waals surface area contributed by atoms with Crippen molar-refractivity contribution in [1.29, 1.82) is 0 Å². The third kappa shape index (κ3) is 2.71. The van der Waals surface area contributed by atoms with Crippen molar-refractivity contribution in [3.05, 3.63) is 63.6 Å². The van der Waals surface area contributed by atoms with Gasteiger partial charge in [0.1, 0.15) is 11.5 Å². The van der Waals surface area contributed by atoms with Crippen LogP contribution in [0.15, 0.2) is 35.1 Å². The molecule has 1 N–H and O–H groups in total. The number of nitrogens with zero attached hydrogens (tertiary/aromatic N) is 2. The normalized spacial score (nSPS) is 12.0. The van der Waals surface area contributed by atoms with Gasteiger partial charge < -0.3 is 4.98 Å². The zero-order valence-corrected chi connectivity index (χ0v) is 11.9. The number of hydrogen-bond acceptors (Lipinski definition) is 2. The molecule has 0 saturated carbocycles. The summed E-state index contributed by atoms with van der Waals surface area (Å²) in [5.41, 5.74) is -0.505. The summed E-state index contributed by atoms with van der Waals surface area (Å²) >= 11 is 0. The lowest BCUT2D eigenvalue weighted by Crippen LogP contribution is -2.30. The van der Waals surface area contributed by atoms with Crippen LogP contribution in [0.3, 0.4) is 0 Å². The Bertz CT molecular complexity index is 940. The molecule has 0 spiro atoms. The molecule has 2 aromatic heterocycles. The van der Waals surface area contributed by atoms with Crippen LogP contribution >= 0.6 is 0 Å². The second-order valence-corrected chi connectivity index (χ2v) is 5.13. The van der Waals surface area contributed by atoms with Crippen LogP contribution in [-0.4, -0.2) is 14.5 Å². The first-order valence-electron chi connectivity index (χ1n) is 6.68. The van der Waals surface area contributed by atoms with Gasteiger partial charge in [-0.2, -0.15) is 13.2 Å². The zero-order valence-electron chi connectivity index (χ0n) is 11.9. The molecule has 0 aliphatic carbocycles. The average molecular weight is 325 g/mol. The molecule has 120 valence electrons. The van der Waals surface area contributed by atoms with Crippen LogP contribution in [-0.2, 0) is 12.7 Å². The highest BCUT2D eigenvalue weighted by Gasteiger charge is 2.37. The van der Waals surface area contributed by atoms with Crippen molar-refractivity contribution >= 4 is 11.0 Å². The van der Waals surface area contributed by atoms with Gasteiger partial charge in [0.05, 0.1) is 11.9 Å². The summed E-state index contributed by atoms with van der Waals surface area (Å²) in [6.07, 6.45) is -4.84. The molecular weight excluding hydrogens is 314 g/mol. The molecule has 8 heteroatoms. The fraction of sp³-hybridized carbons (Fsp3) is 0.200. The lowest BCUT2D eigenvalue weighted by molar-refractivity contribution is -0.147. The van der Waals surface area contributed by atoms with Crippen LogP contribution < -0.4 is 5.56 Å². The zero-order chi connectivity index (χ0) is 16.8. The summed E-state index contributed by atoms with van der Waals surface area (Å²) in [6, 6.07) is 6.78. The highest BCUT2D eigenvalue weighted by Crippen LogP contribution is 2.28. The van der Waals surface area contributed by atoms with Crippen LogP contribution in [0.4, 0.5) is 17.6 Å².